The highest BCUT2D eigenvalue weighted by molar-refractivity contribution is 9.10. The van der Waals surface area contributed by atoms with Crippen LogP contribution in [0.4, 0.5) is 5.69 Å². The minimum atomic E-state index is -1.00. The van der Waals surface area contributed by atoms with Gasteiger partial charge in [0, 0.05) is 6.20 Å². The van der Waals surface area contributed by atoms with Gasteiger partial charge in [-0.3, -0.25) is 14.3 Å². The summed E-state index contributed by atoms with van der Waals surface area (Å²) >= 11 is 3.17. The summed E-state index contributed by atoms with van der Waals surface area (Å²) in [6, 6.07) is 4.98. The first-order chi connectivity index (χ1) is 9.04. The van der Waals surface area contributed by atoms with Gasteiger partial charge in [0.05, 0.1) is 11.9 Å². The molecule has 0 radical (unpaired) electrons. The fraction of sp³-hybridized carbons (Fsp3) is 0.0909. The second-order valence-corrected chi connectivity index (χ2v) is 4.43. The van der Waals surface area contributed by atoms with E-state index in [1.54, 1.807) is 18.2 Å². The lowest BCUT2D eigenvalue weighted by Gasteiger charge is -2.01. The molecule has 19 heavy (non-hydrogen) atoms. The standard InChI is InChI=1S/C11H9BrN4O3/c12-9-3-1-2-8(15-9)11(19)14-7-4-13-16(5-7)6-10(17)18/h1-5H,6H2,(H,14,19)(H,17,18). The number of pyridine rings is 1. The van der Waals surface area contributed by atoms with E-state index in [1.165, 1.54) is 17.1 Å². The van der Waals surface area contributed by atoms with Crippen LogP contribution in [0.5, 0.6) is 0 Å². The highest BCUT2D eigenvalue weighted by Gasteiger charge is 2.10. The van der Waals surface area contributed by atoms with Crippen molar-refractivity contribution in [2.24, 2.45) is 0 Å². The summed E-state index contributed by atoms with van der Waals surface area (Å²) in [7, 11) is 0. The zero-order valence-electron chi connectivity index (χ0n) is 9.58. The number of hydrogen-bond donors (Lipinski definition) is 2. The summed E-state index contributed by atoms with van der Waals surface area (Å²) in [6.07, 6.45) is 2.81. The smallest absolute Gasteiger partial charge is 0.325 e. The van der Waals surface area contributed by atoms with E-state index in [9.17, 15) is 9.59 Å². The summed E-state index contributed by atoms with van der Waals surface area (Å²) in [5.74, 6) is -1.40. The van der Waals surface area contributed by atoms with Crippen molar-refractivity contribution in [2.45, 2.75) is 6.54 Å². The highest BCUT2D eigenvalue weighted by atomic mass is 79.9. The minimum absolute atomic E-state index is 0.250. The number of aliphatic carboxylic acids is 1. The predicted octanol–water partition coefficient (Wildman–Crippen LogP) is 1.38. The average Bonchev–Trinajstić information content (AvgIpc) is 2.75. The first kappa shape index (κ1) is 13.2. The Morgan fingerprint density at radius 2 is 2.21 bits per heavy atom. The quantitative estimate of drug-likeness (QED) is 0.828. The fourth-order valence-electron chi connectivity index (χ4n) is 1.38. The lowest BCUT2D eigenvalue weighted by Crippen LogP contribution is -2.13. The molecule has 1 amide bonds. The lowest BCUT2D eigenvalue weighted by molar-refractivity contribution is -0.137. The van der Waals surface area contributed by atoms with Crippen LogP contribution in [0, 0.1) is 0 Å². The van der Waals surface area contributed by atoms with E-state index in [4.69, 9.17) is 5.11 Å². The molecular weight excluding hydrogens is 316 g/mol. The molecule has 7 nitrogen and oxygen atoms in total. The van der Waals surface area contributed by atoms with Gasteiger partial charge in [0.2, 0.25) is 0 Å². The average molecular weight is 325 g/mol. The van der Waals surface area contributed by atoms with Crippen LogP contribution in [0.1, 0.15) is 10.5 Å². The van der Waals surface area contributed by atoms with Crippen LogP contribution in [0.2, 0.25) is 0 Å². The van der Waals surface area contributed by atoms with E-state index in [-0.39, 0.29) is 12.2 Å². The van der Waals surface area contributed by atoms with Crippen LogP contribution in [-0.2, 0) is 11.3 Å². The van der Waals surface area contributed by atoms with Gasteiger partial charge in [0.15, 0.2) is 0 Å². The van der Waals surface area contributed by atoms with E-state index in [1.807, 2.05) is 0 Å². The molecule has 0 aliphatic rings. The largest absolute Gasteiger partial charge is 0.480 e. The Morgan fingerprint density at radius 1 is 1.42 bits per heavy atom. The second kappa shape index (κ2) is 5.61. The molecular formula is C11H9BrN4O3. The van der Waals surface area contributed by atoms with E-state index in [0.29, 0.717) is 10.3 Å². The number of rotatable bonds is 4. The van der Waals surface area contributed by atoms with Gasteiger partial charge >= 0.3 is 5.97 Å². The maximum Gasteiger partial charge on any atom is 0.325 e. The molecule has 2 aromatic heterocycles. The number of anilines is 1. The number of halogens is 1. The third-order valence-electron chi connectivity index (χ3n) is 2.14. The zero-order chi connectivity index (χ0) is 13.8. The van der Waals surface area contributed by atoms with Gasteiger partial charge in [-0.15, -0.1) is 0 Å². The maximum absolute atomic E-state index is 11.8. The van der Waals surface area contributed by atoms with E-state index < -0.39 is 11.9 Å². The molecule has 0 spiro atoms. The molecule has 0 bridgehead atoms. The molecule has 0 saturated carbocycles. The summed E-state index contributed by atoms with van der Waals surface area (Å²) in [5, 5.41) is 15.0. The normalized spacial score (nSPS) is 10.2. The molecule has 0 aliphatic carbocycles. The molecule has 0 fully saturated rings. The molecule has 2 rings (SSSR count). The number of carboxylic acids is 1. The molecule has 0 atom stereocenters. The molecule has 98 valence electrons. The van der Waals surface area contributed by atoms with Gasteiger partial charge in [-0.05, 0) is 28.1 Å². The fourth-order valence-corrected chi connectivity index (χ4v) is 1.73. The lowest BCUT2D eigenvalue weighted by atomic mass is 10.3. The van der Waals surface area contributed by atoms with E-state index in [0.717, 1.165) is 0 Å². The zero-order valence-corrected chi connectivity index (χ0v) is 11.2. The number of nitrogens with one attached hydrogen (secondary N) is 1. The SMILES string of the molecule is O=C(O)Cn1cc(NC(=O)c2cccc(Br)n2)cn1. The monoisotopic (exact) mass is 324 g/mol. The van der Waals surface area contributed by atoms with Crippen molar-refractivity contribution in [3.63, 3.8) is 0 Å². The number of hydrogen-bond acceptors (Lipinski definition) is 4. The van der Waals surface area contributed by atoms with Crippen molar-refractivity contribution < 1.29 is 14.7 Å². The Labute approximate surface area is 116 Å². The van der Waals surface area contributed by atoms with Crippen molar-refractivity contribution in [3.05, 3.63) is 40.9 Å². The summed E-state index contributed by atoms with van der Waals surface area (Å²) < 4.78 is 1.77. The van der Waals surface area contributed by atoms with Crippen molar-refractivity contribution in [2.75, 3.05) is 5.32 Å². The van der Waals surface area contributed by atoms with E-state index in [2.05, 4.69) is 31.3 Å². The van der Waals surface area contributed by atoms with Crippen LogP contribution in [0.25, 0.3) is 0 Å². The summed E-state index contributed by atoms with van der Waals surface area (Å²) in [6.45, 7) is -0.259. The summed E-state index contributed by atoms with van der Waals surface area (Å²) in [5.41, 5.74) is 0.661. The van der Waals surface area contributed by atoms with Gasteiger partial charge in [-0.2, -0.15) is 5.10 Å². The second-order valence-electron chi connectivity index (χ2n) is 3.62. The topological polar surface area (TPSA) is 97.1 Å². The predicted molar refractivity (Wildman–Crippen MR) is 69.8 cm³/mol. The Balaban J connectivity index is 2.06. The van der Waals surface area contributed by atoms with Crippen molar-refractivity contribution >= 4 is 33.5 Å². The number of carbonyl (C=O) groups excluding carboxylic acids is 1. The van der Waals surface area contributed by atoms with Crippen molar-refractivity contribution in [1.82, 2.24) is 14.8 Å². The van der Waals surface area contributed by atoms with Gasteiger partial charge in [-0.25, -0.2) is 4.98 Å². The molecule has 2 heterocycles. The van der Waals surface area contributed by atoms with Crippen LogP contribution < -0.4 is 5.32 Å². The molecule has 0 unspecified atom stereocenters. The Hall–Kier alpha value is -2.22. The molecule has 0 aliphatic heterocycles. The van der Waals surface area contributed by atoms with Crippen molar-refractivity contribution in [1.29, 1.82) is 0 Å². The first-order valence-corrected chi connectivity index (χ1v) is 6.02. The van der Waals surface area contributed by atoms with Crippen molar-refractivity contribution in [3.8, 4) is 0 Å². The highest BCUT2D eigenvalue weighted by Crippen LogP contribution is 2.10. The number of nitrogens with zero attached hydrogens (tertiary/aromatic N) is 3. The van der Waals surface area contributed by atoms with Crippen LogP contribution >= 0.6 is 15.9 Å². The third kappa shape index (κ3) is 3.62. The minimum Gasteiger partial charge on any atom is -0.480 e. The number of carbonyl (C=O) groups is 2. The van der Waals surface area contributed by atoms with Gasteiger partial charge in [0.1, 0.15) is 16.8 Å². The number of amides is 1. The number of aromatic nitrogens is 3. The third-order valence-corrected chi connectivity index (χ3v) is 2.58. The molecule has 2 N–H and O–H groups in total. The Bertz CT molecular complexity index is 626. The number of carboxylic acid groups (broad SMARTS) is 1. The molecule has 8 heteroatoms. The Kier molecular flexibility index (Phi) is 3.91. The van der Waals surface area contributed by atoms with Gasteiger partial charge < -0.3 is 10.4 Å². The van der Waals surface area contributed by atoms with Crippen LogP contribution in [-0.4, -0.2) is 31.7 Å². The maximum atomic E-state index is 11.8. The van der Waals surface area contributed by atoms with E-state index >= 15 is 0 Å². The summed E-state index contributed by atoms with van der Waals surface area (Å²) in [4.78, 5) is 26.4. The Morgan fingerprint density at radius 3 is 2.89 bits per heavy atom. The molecule has 0 aromatic carbocycles. The van der Waals surface area contributed by atoms with Crippen LogP contribution in [0.15, 0.2) is 35.2 Å². The molecule has 0 saturated heterocycles. The molecule has 2 aromatic rings. The van der Waals surface area contributed by atoms with Gasteiger partial charge in [0.25, 0.3) is 5.91 Å². The van der Waals surface area contributed by atoms with Crippen LogP contribution in [0.3, 0.4) is 0 Å². The van der Waals surface area contributed by atoms with Gasteiger partial charge in [-0.1, -0.05) is 6.07 Å². The first-order valence-electron chi connectivity index (χ1n) is 5.23.